The smallest absolute Gasteiger partial charge is 0.463 e. The molecule has 98 heavy (non-hydrogen) atoms. The maximum absolute atomic E-state index is 14.3. The third-order valence-electron chi connectivity index (χ3n) is 18.7. The second-order valence-electron chi connectivity index (χ2n) is 27.4. The van der Waals surface area contributed by atoms with Gasteiger partial charge in [-0.3, -0.25) is 23.4 Å². The zero-order chi connectivity index (χ0) is 71.8. The predicted molar refractivity (Wildman–Crippen MR) is 370 cm³/mol. The number of hydrogen-bond donors (Lipinski definition) is 11. The van der Waals surface area contributed by atoms with Crippen LogP contribution in [0, 0.1) is 0 Å². The molecule has 11 N–H and O–H groups in total. The zero-order valence-electron chi connectivity index (χ0n) is 59.8. The van der Waals surface area contributed by atoms with Crippen LogP contribution in [0.1, 0.15) is 290 Å². The molecule has 0 bridgehead atoms. The van der Waals surface area contributed by atoms with E-state index in [9.17, 15) is 74.9 Å². The van der Waals surface area contributed by atoms with Gasteiger partial charge < -0.3 is 89.1 Å². The minimum Gasteiger partial charge on any atom is -0.463 e. The van der Waals surface area contributed by atoms with Crippen LogP contribution in [0.5, 0.6) is 0 Å². The fourth-order valence-electron chi connectivity index (χ4n) is 12.5. The van der Waals surface area contributed by atoms with E-state index in [4.69, 9.17) is 42.2 Å². The van der Waals surface area contributed by atoms with Gasteiger partial charge in [0.15, 0.2) is 18.7 Å². The monoisotopic (exact) mass is 1420 g/mol. The highest BCUT2D eigenvalue weighted by molar-refractivity contribution is 7.47. The average Bonchev–Trinajstić information content (AvgIpc) is 0.763. The van der Waals surface area contributed by atoms with E-state index >= 15 is 0 Å². The van der Waals surface area contributed by atoms with E-state index in [2.05, 4.69) is 45.1 Å². The third-order valence-corrected chi connectivity index (χ3v) is 19.7. The number of phosphoric acid groups is 1. The van der Waals surface area contributed by atoms with Crippen molar-refractivity contribution in [3.63, 3.8) is 0 Å². The van der Waals surface area contributed by atoms with E-state index in [0.29, 0.717) is 25.7 Å². The first-order valence-electron chi connectivity index (χ1n) is 38.1. The molecule has 0 spiro atoms. The molecule has 3 fully saturated rings. The van der Waals surface area contributed by atoms with Crippen molar-refractivity contribution in [1.82, 2.24) is 0 Å². The van der Waals surface area contributed by atoms with Crippen LogP contribution in [-0.2, 0) is 61.2 Å². The number of allylic oxidation sites excluding steroid dienone is 4. The van der Waals surface area contributed by atoms with Gasteiger partial charge >= 0.3 is 25.7 Å². The number of esters is 3. The number of carbonyl (C=O) groups is 3. The van der Waals surface area contributed by atoms with Gasteiger partial charge in [0.25, 0.3) is 0 Å². The number of carbonyl (C=O) groups excluding carboxylic acids is 3. The summed E-state index contributed by atoms with van der Waals surface area (Å²) in [5, 5.41) is 110. The molecule has 0 aromatic rings. The van der Waals surface area contributed by atoms with Crippen molar-refractivity contribution in [2.24, 2.45) is 0 Å². The molecule has 3 aliphatic rings. The summed E-state index contributed by atoms with van der Waals surface area (Å²) in [6.07, 6.45) is 15.3. The lowest BCUT2D eigenvalue weighted by Crippen LogP contribution is -2.69. The maximum atomic E-state index is 14.3. The first kappa shape index (κ1) is 89.7. The van der Waals surface area contributed by atoms with Crippen molar-refractivity contribution in [3.05, 3.63) is 24.3 Å². The third kappa shape index (κ3) is 37.7. The summed E-state index contributed by atoms with van der Waals surface area (Å²) >= 11 is 0. The molecular weight excluding hydrogens is 1290 g/mol. The Bertz CT molecular complexity index is 2120. The topological polar surface area (TPSA) is 374 Å². The second kappa shape index (κ2) is 55.0. The number of aliphatic hydroxyl groups is 10. The van der Waals surface area contributed by atoms with E-state index in [0.717, 1.165) is 109 Å². The number of hydrogen-bond acceptors (Lipinski definition) is 23. The number of aliphatic hydroxyl groups excluding tert-OH is 10. The lowest BCUT2D eigenvalue weighted by molar-refractivity contribution is -0.360. The van der Waals surface area contributed by atoms with Gasteiger partial charge in [-0.25, -0.2) is 4.57 Å². The summed E-state index contributed by atoms with van der Waals surface area (Å²) in [4.78, 5) is 51.0. The summed E-state index contributed by atoms with van der Waals surface area (Å²) in [6, 6.07) is 0. The molecule has 18 atom stereocenters. The molecule has 0 aromatic heterocycles. The molecule has 1 aliphatic carbocycles. The van der Waals surface area contributed by atoms with Gasteiger partial charge in [0, 0.05) is 19.3 Å². The molecule has 0 aromatic carbocycles. The number of unbranched alkanes of at least 4 members (excludes halogenated alkanes) is 34. The quantitative estimate of drug-likeness (QED) is 0.00886. The Hall–Kier alpha value is -2.56. The molecule has 18 unspecified atom stereocenters. The number of rotatable bonds is 59. The first-order valence-corrected chi connectivity index (χ1v) is 39.6. The molecule has 3 rings (SSSR count). The van der Waals surface area contributed by atoms with Gasteiger partial charge in [-0.15, -0.1) is 0 Å². The zero-order valence-corrected chi connectivity index (χ0v) is 60.7. The molecule has 2 aliphatic heterocycles. The van der Waals surface area contributed by atoms with Crippen LogP contribution in [0.3, 0.4) is 0 Å². The molecule has 2 saturated heterocycles. The van der Waals surface area contributed by atoms with Gasteiger partial charge in [0.1, 0.15) is 98.7 Å². The maximum Gasteiger partial charge on any atom is 0.472 e. The summed E-state index contributed by atoms with van der Waals surface area (Å²) in [5.41, 5.74) is 0. The van der Waals surface area contributed by atoms with Crippen molar-refractivity contribution in [3.8, 4) is 0 Å². The van der Waals surface area contributed by atoms with E-state index in [1.807, 2.05) is 0 Å². The molecule has 25 heteroatoms. The van der Waals surface area contributed by atoms with Crippen molar-refractivity contribution in [1.29, 1.82) is 0 Å². The summed E-state index contributed by atoms with van der Waals surface area (Å²) in [5.74, 6) is -2.01. The van der Waals surface area contributed by atoms with Crippen molar-refractivity contribution < 1.29 is 117 Å². The van der Waals surface area contributed by atoms with E-state index < -0.39 is 156 Å². The number of phosphoric ester groups is 1. The largest absolute Gasteiger partial charge is 0.472 e. The van der Waals surface area contributed by atoms with Gasteiger partial charge in [0.05, 0.1) is 13.2 Å². The summed E-state index contributed by atoms with van der Waals surface area (Å²) < 4.78 is 65.0. The molecule has 0 amide bonds. The van der Waals surface area contributed by atoms with Crippen LogP contribution >= 0.6 is 7.82 Å². The fraction of sp³-hybridized carbons (Fsp3) is 0.904. The standard InChI is InChI=1S/C73H133O24P/c1-4-7-10-13-16-19-22-25-27-30-32-35-38-41-44-47-57(75)89-51-54(92-59(77)49-46-43-40-37-34-29-24-21-18-15-12-9-6-3)52-91-98(87,88)97-71-69(95-72-67(85)62(80)60(78)55(50-74)93-72)65(83)64(82)66(84)70(71)96-73-68(86)63(81)61(79)56(94-73)53-90-58(76)48-45-42-39-36-33-31-28-26-23-20-17-14-11-8-5-2/h19,22,29,34,54-56,60-74,78-86H,4-18,20-21,23-28,30-33,35-53H2,1-3H3,(H,87,88)/b22-19-,34-29-. The molecule has 574 valence electrons. The van der Waals surface area contributed by atoms with E-state index in [1.165, 1.54) is 116 Å². The predicted octanol–water partition coefficient (Wildman–Crippen LogP) is 10.5. The Labute approximate surface area is 585 Å². The average molecular weight is 1430 g/mol. The van der Waals surface area contributed by atoms with E-state index in [1.54, 1.807) is 0 Å². The van der Waals surface area contributed by atoms with Crippen LogP contribution in [0.4, 0.5) is 0 Å². The Balaban J connectivity index is 1.73. The SMILES string of the molecule is CCCCCC/C=C\CCCCCCCCCC(=O)OCC(COP(=O)(O)OC1C(OC2OC(CO)C(O)C(O)C2O)C(O)C(O)C(O)C1OC1OC(COC(=O)CCCCCCCCCCCCCCCCC)C(O)C(O)C1O)OC(=O)CCCCC/C=C\CCCCCCCC. The highest BCUT2D eigenvalue weighted by Crippen LogP contribution is 2.49. The molecule has 1 saturated carbocycles. The van der Waals surface area contributed by atoms with Gasteiger partial charge in [-0.2, -0.15) is 0 Å². The lowest BCUT2D eigenvalue weighted by Gasteiger charge is -2.49. The minimum absolute atomic E-state index is 0.0309. The Morgan fingerprint density at radius 2 is 0.714 bits per heavy atom. The normalized spacial score (nSPS) is 27.7. The van der Waals surface area contributed by atoms with Gasteiger partial charge in [-0.1, -0.05) is 225 Å². The number of ether oxygens (including phenoxy) is 7. The van der Waals surface area contributed by atoms with Crippen LogP contribution in [0.2, 0.25) is 0 Å². The van der Waals surface area contributed by atoms with Crippen LogP contribution in [0.15, 0.2) is 24.3 Å². The summed E-state index contributed by atoms with van der Waals surface area (Å²) in [6.45, 7) is 3.41. The molecule has 24 nitrogen and oxygen atoms in total. The van der Waals surface area contributed by atoms with Crippen LogP contribution < -0.4 is 0 Å². The van der Waals surface area contributed by atoms with Crippen LogP contribution in [-0.4, -0.2) is 204 Å². The lowest BCUT2D eigenvalue weighted by atomic mass is 9.84. The van der Waals surface area contributed by atoms with Crippen molar-refractivity contribution in [2.45, 2.75) is 395 Å². The Kier molecular flexibility index (Phi) is 50.3. The fourth-order valence-corrected chi connectivity index (χ4v) is 13.4. The van der Waals surface area contributed by atoms with E-state index in [-0.39, 0.29) is 19.3 Å². The molecular formula is C73H133O24P. The summed E-state index contributed by atoms with van der Waals surface area (Å²) in [7, 11) is -5.70. The van der Waals surface area contributed by atoms with Crippen LogP contribution in [0.25, 0.3) is 0 Å². The Morgan fingerprint density at radius 1 is 0.388 bits per heavy atom. The highest BCUT2D eigenvalue weighted by atomic mass is 31.2. The molecule has 2 heterocycles. The second-order valence-corrected chi connectivity index (χ2v) is 28.8. The van der Waals surface area contributed by atoms with Crippen molar-refractivity contribution >= 4 is 25.7 Å². The van der Waals surface area contributed by atoms with Gasteiger partial charge in [0.2, 0.25) is 0 Å². The van der Waals surface area contributed by atoms with Gasteiger partial charge in [-0.05, 0) is 70.6 Å². The highest BCUT2D eigenvalue weighted by Gasteiger charge is 2.58. The minimum atomic E-state index is -5.70. The molecule has 0 radical (unpaired) electrons. The first-order chi connectivity index (χ1) is 47.3. The Morgan fingerprint density at radius 3 is 1.12 bits per heavy atom. The van der Waals surface area contributed by atoms with Crippen molar-refractivity contribution in [2.75, 3.05) is 26.4 Å².